The fourth-order valence-corrected chi connectivity index (χ4v) is 3.20. The van der Waals surface area contributed by atoms with E-state index in [1.807, 2.05) is 17.8 Å². The van der Waals surface area contributed by atoms with Crippen LogP contribution < -0.4 is 0 Å². The molecule has 14 heavy (non-hydrogen) atoms. The highest BCUT2D eigenvalue weighted by Crippen LogP contribution is 2.32. The molecule has 0 spiro atoms. The van der Waals surface area contributed by atoms with E-state index in [-0.39, 0.29) is 0 Å². The smallest absolute Gasteiger partial charge is 0.0460 e. The lowest BCUT2D eigenvalue weighted by molar-refractivity contribution is 1.04. The van der Waals surface area contributed by atoms with E-state index >= 15 is 0 Å². The number of hydrogen-bond donors (Lipinski definition) is 1. The summed E-state index contributed by atoms with van der Waals surface area (Å²) in [7, 11) is 0. The molecular formula is C11H10ClNS. The number of benzene rings is 1. The van der Waals surface area contributed by atoms with Gasteiger partial charge in [0.15, 0.2) is 0 Å². The Morgan fingerprint density at radius 2 is 2.29 bits per heavy atom. The number of thioether (sulfide) groups is 1. The number of aromatic nitrogens is 1. The van der Waals surface area contributed by atoms with Crippen LogP contribution in [0.5, 0.6) is 0 Å². The van der Waals surface area contributed by atoms with Crippen LogP contribution in [0.15, 0.2) is 18.2 Å². The van der Waals surface area contributed by atoms with Crippen molar-refractivity contribution in [2.75, 3.05) is 5.75 Å². The minimum absolute atomic E-state index is 0.829. The van der Waals surface area contributed by atoms with Crippen LogP contribution in [0.25, 0.3) is 10.9 Å². The molecule has 72 valence electrons. The topological polar surface area (TPSA) is 15.8 Å². The molecule has 0 atom stereocenters. The average Bonchev–Trinajstić information content (AvgIpc) is 2.56. The van der Waals surface area contributed by atoms with Crippen LogP contribution in [0, 0.1) is 0 Å². The van der Waals surface area contributed by atoms with Gasteiger partial charge in [0.25, 0.3) is 0 Å². The van der Waals surface area contributed by atoms with Gasteiger partial charge in [-0.2, -0.15) is 11.8 Å². The van der Waals surface area contributed by atoms with Crippen LogP contribution in [0.3, 0.4) is 0 Å². The first-order chi connectivity index (χ1) is 6.84. The Morgan fingerprint density at radius 1 is 1.36 bits per heavy atom. The minimum Gasteiger partial charge on any atom is -0.358 e. The Balaban J connectivity index is 2.32. The highest BCUT2D eigenvalue weighted by Gasteiger charge is 2.15. The van der Waals surface area contributed by atoms with Gasteiger partial charge < -0.3 is 4.98 Å². The molecule has 0 radical (unpaired) electrons. The average molecular weight is 224 g/mol. The number of fused-ring (bicyclic) bond motifs is 3. The van der Waals surface area contributed by atoms with Gasteiger partial charge in [0.2, 0.25) is 0 Å². The largest absolute Gasteiger partial charge is 0.358 e. The van der Waals surface area contributed by atoms with E-state index in [1.54, 1.807) is 0 Å². The third-order valence-electron chi connectivity index (χ3n) is 2.70. The van der Waals surface area contributed by atoms with Crippen LogP contribution in [0.2, 0.25) is 5.02 Å². The zero-order valence-corrected chi connectivity index (χ0v) is 9.21. The molecule has 0 fully saturated rings. The van der Waals surface area contributed by atoms with Crippen LogP contribution in [-0.2, 0) is 12.2 Å². The van der Waals surface area contributed by atoms with E-state index in [0.29, 0.717) is 0 Å². The van der Waals surface area contributed by atoms with Gasteiger partial charge in [-0.1, -0.05) is 11.6 Å². The maximum absolute atomic E-state index is 6.00. The summed E-state index contributed by atoms with van der Waals surface area (Å²) >= 11 is 8.00. The van der Waals surface area contributed by atoms with Crippen molar-refractivity contribution in [2.45, 2.75) is 12.2 Å². The van der Waals surface area contributed by atoms with Crippen LogP contribution in [0.4, 0.5) is 0 Å². The quantitative estimate of drug-likeness (QED) is 0.722. The summed E-state index contributed by atoms with van der Waals surface area (Å²) in [4.78, 5) is 3.47. The summed E-state index contributed by atoms with van der Waals surface area (Å²) in [5.41, 5.74) is 4.08. The maximum Gasteiger partial charge on any atom is 0.0460 e. The molecule has 2 heterocycles. The summed E-state index contributed by atoms with van der Waals surface area (Å²) in [6.07, 6.45) is 1.16. The molecule has 1 N–H and O–H groups in total. The Morgan fingerprint density at radius 3 is 3.21 bits per heavy atom. The molecule has 0 amide bonds. The van der Waals surface area contributed by atoms with Crippen molar-refractivity contribution < 1.29 is 0 Å². The van der Waals surface area contributed by atoms with Crippen molar-refractivity contribution in [2.24, 2.45) is 0 Å². The molecule has 3 heteroatoms. The molecular weight excluding hydrogens is 214 g/mol. The number of hydrogen-bond acceptors (Lipinski definition) is 1. The highest BCUT2D eigenvalue weighted by atomic mass is 35.5. The Hall–Kier alpha value is -0.600. The predicted molar refractivity (Wildman–Crippen MR) is 63.2 cm³/mol. The van der Waals surface area contributed by atoms with Gasteiger partial charge in [-0.15, -0.1) is 0 Å². The molecule has 0 saturated carbocycles. The molecule has 1 aromatic carbocycles. The second-order valence-electron chi connectivity index (χ2n) is 3.57. The van der Waals surface area contributed by atoms with E-state index < -0.39 is 0 Å². The first kappa shape index (κ1) is 8.69. The molecule has 1 aliphatic rings. The standard InChI is InChI=1S/C11H10ClNS/c12-7-1-2-10-8(5-7)9-6-14-4-3-11(9)13-10/h1-2,5,13H,3-4,6H2. The third-order valence-corrected chi connectivity index (χ3v) is 3.92. The number of aromatic amines is 1. The minimum atomic E-state index is 0.829. The number of halogens is 1. The first-order valence-corrected chi connectivity index (χ1v) is 6.24. The Kier molecular flexibility index (Phi) is 1.99. The Labute approximate surface area is 91.8 Å². The molecule has 3 rings (SSSR count). The zero-order valence-electron chi connectivity index (χ0n) is 7.64. The molecule has 1 nitrogen and oxygen atoms in total. The number of aryl methyl sites for hydroxylation is 1. The Bertz CT molecular complexity index is 489. The van der Waals surface area contributed by atoms with E-state index in [2.05, 4.69) is 17.1 Å². The van der Waals surface area contributed by atoms with Crippen molar-refractivity contribution in [3.8, 4) is 0 Å². The van der Waals surface area contributed by atoms with Gasteiger partial charge in [0, 0.05) is 27.4 Å². The summed E-state index contributed by atoms with van der Waals surface area (Å²) in [6.45, 7) is 0. The molecule has 2 aromatic rings. The summed E-state index contributed by atoms with van der Waals surface area (Å²) in [5, 5.41) is 2.13. The van der Waals surface area contributed by atoms with E-state index in [1.165, 1.54) is 27.9 Å². The first-order valence-electron chi connectivity index (χ1n) is 4.71. The zero-order chi connectivity index (χ0) is 9.54. The van der Waals surface area contributed by atoms with Crippen LogP contribution in [0.1, 0.15) is 11.3 Å². The summed E-state index contributed by atoms with van der Waals surface area (Å²) in [6, 6.07) is 6.08. The lowest BCUT2D eigenvalue weighted by Gasteiger charge is -2.10. The fraction of sp³-hybridized carbons (Fsp3) is 0.273. The number of H-pyrrole nitrogens is 1. The third kappa shape index (κ3) is 1.25. The van der Waals surface area contributed by atoms with Gasteiger partial charge in [0.05, 0.1) is 0 Å². The monoisotopic (exact) mass is 223 g/mol. The van der Waals surface area contributed by atoms with Gasteiger partial charge in [0.1, 0.15) is 0 Å². The highest BCUT2D eigenvalue weighted by molar-refractivity contribution is 7.98. The second kappa shape index (κ2) is 3.21. The van der Waals surface area contributed by atoms with E-state index in [0.717, 1.165) is 17.2 Å². The van der Waals surface area contributed by atoms with Crippen molar-refractivity contribution in [3.63, 3.8) is 0 Å². The normalized spacial score (nSPS) is 15.8. The van der Waals surface area contributed by atoms with Crippen molar-refractivity contribution >= 4 is 34.3 Å². The molecule has 0 saturated heterocycles. The number of nitrogens with one attached hydrogen (secondary N) is 1. The van der Waals surface area contributed by atoms with Crippen molar-refractivity contribution in [1.29, 1.82) is 0 Å². The van der Waals surface area contributed by atoms with Crippen LogP contribution in [-0.4, -0.2) is 10.7 Å². The molecule has 0 bridgehead atoms. The van der Waals surface area contributed by atoms with Crippen molar-refractivity contribution in [1.82, 2.24) is 4.98 Å². The van der Waals surface area contributed by atoms with Gasteiger partial charge in [-0.05, 0) is 35.9 Å². The molecule has 1 aromatic heterocycles. The summed E-state index contributed by atoms with van der Waals surface area (Å²) < 4.78 is 0. The number of rotatable bonds is 0. The fourth-order valence-electron chi connectivity index (χ4n) is 2.00. The lowest BCUT2D eigenvalue weighted by Crippen LogP contribution is -1.99. The lowest BCUT2D eigenvalue weighted by atomic mass is 10.1. The van der Waals surface area contributed by atoms with Gasteiger partial charge in [-0.3, -0.25) is 0 Å². The van der Waals surface area contributed by atoms with E-state index in [4.69, 9.17) is 11.6 Å². The molecule has 0 unspecified atom stereocenters. The van der Waals surface area contributed by atoms with Crippen LogP contribution >= 0.6 is 23.4 Å². The van der Waals surface area contributed by atoms with E-state index in [9.17, 15) is 0 Å². The molecule has 0 aliphatic carbocycles. The van der Waals surface area contributed by atoms with Gasteiger partial charge >= 0.3 is 0 Å². The maximum atomic E-state index is 6.00. The summed E-state index contributed by atoms with van der Waals surface area (Å²) in [5.74, 6) is 2.35. The SMILES string of the molecule is Clc1ccc2[nH]c3c(c2c1)CSCC3. The predicted octanol–water partition coefficient (Wildman–Crippen LogP) is 3.61. The van der Waals surface area contributed by atoms with Gasteiger partial charge in [-0.25, -0.2) is 0 Å². The van der Waals surface area contributed by atoms with Crippen molar-refractivity contribution in [3.05, 3.63) is 34.5 Å². The second-order valence-corrected chi connectivity index (χ2v) is 5.12. The molecule has 1 aliphatic heterocycles.